The van der Waals surface area contributed by atoms with E-state index in [0.29, 0.717) is 46.0 Å². The molecule has 0 bridgehead atoms. The Morgan fingerprint density at radius 3 is 2.64 bits per heavy atom. The highest BCUT2D eigenvalue weighted by Gasteiger charge is 2.33. The van der Waals surface area contributed by atoms with E-state index < -0.39 is 15.9 Å². The number of anilines is 1. The second kappa shape index (κ2) is 13.4. The quantitative estimate of drug-likeness (QED) is 0.191. The molecule has 2 aliphatic rings. The number of hydrogen-bond acceptors (Lipinski definition) is 7. The van der Waals surface area contributed by atoms with Crippen molar-refractivity contribution in [2.45, 2.75) is 56.5 Å². The topological polar surface area (TPSA) is 127 Å². The summed E-state index contributed by atoms with van der Waals surface area (Å²) in [4.78, 5) is 22.6. The smallest absolute Gasteiger partial charge is 0.293 e. The largest absolute Gasteiger partial charge is 0.335 e. The highest BCUT2D eigenvalue weighted by molar-refractivity contribution is 7.89. The van der Waals surface area contributed by atoms with E-state index in [4.69, 9.17) is 23.2 Å². The number of aromatic amines is 2. The number of hydrogen-bond donors (Lipinski definition) is 3. The van der Waals surface area contributed by atoms with E-state index >= 15 is 0 Å². The van der Waals surface area contributed by atoms with E-state index in [1.165, 1.54) is 41.7 Å². The Bertz CT molecular complexity index is 1800. The van der Waals surface area contributed by atoms with Crippen LogP contribution < -0.4 is 9.73 Å². The van der Waals surface area contributed by atoms with Crippen LogP contribution in [-0.4, -0.2) is 52.6 Å². The lowest BCUT2D eigenvalue weighted by Crippen LogP contribution is -2.49. The number of aromatic nitrogens is 4. The SMILES string of the molecule is O=C(c1n[nH]c(-c2ccc(C#CC3CCCC3)s2)c1CNS(=O)(=O)c1cnc[nH]1)N(c1ccc(Cl)cc1Cl)N1CCCCC1. The number of imidazole rings is 1. The first kappa shape index (κ1) is 30.8. The van der Waals surface area contributed by atoms with Crippen molar-refractivity contribution in [1.29, 1.82) is 0 Å². The number of halogens is 2. The number of hydrazine groups is 1. The number of thiophene rings is 1. The molecule has 230 valence electrons. The van der Waals surface area contributed by atoms with Crippen molar-refractivity contribution in [3.8, 4) is 22.4 Å². The molecular formula is C30H31Cl2N7O3S2. The Morgan fingerprint density at radius 2 is 1.91 bits per heavy atom. The average Bonchev–Trinajstić information content (AvgIpc) is 3.84. The lowest BCUT2D eigenvalue weighted by molar-refractivity contribution is 0.0866. The molecule has 0 atom stereocenters. The molecule has 0 spiro atoms. The fourth-order valence-corrected chi connectivity index (χ4v) is 7.83. The van der Waals surface area contributed by atoms with Crippen LogP contribution >= 0.6 is 34.5 Å². The fraction of sp³-hybridized carbons (Fsp3) is 0.367. The van der Waals surface area contributed by atoms with Crippen LogP contribution in [0.3, 0.4) is 0 Å². The molecule has 4 heterocycles. The van der Waals surface area contributed by atoms with Gasteiger partial charge in [-0.3, -0.25) is 9.89 Å². The van der Waals surface area contributed by atoms with Crippen LogP contribution in [0.25, 0.3) is 10.6 Å². The van der Waals surface area contributed by atoms with E-state index in [1.54, 1.807) is 18.2 Å². The summed E-state index contributed by atoms with van der Waals surface area (Å²) in [7, 11) is -3.95. The summed E-state index contributed by atoms with van der Waals surface area (Å²) < 4.78 is 28.7. The minimum absolute atomic E-state index is 0.0795. The molecule has 14 heteroatoms. The number of benzene rings is 1. The van der Waals surface area contributed by atoms with Gasteiger partial charge in [-0.05, 0) is 56.0 Å². The van der Waals surface area contributed by atoms with Crippen LogP contribution in [0.4, 0.5) is 5.69 Å². The number of H-pyrrole nitrogens is 2. The number of rotatable bonds is 8. The van der Waals surface area contributed by atoms with Gasteiger partial charge >= 0.3 is 0 Å². The minimum Gasteiger partial charge on any atom is -0.335 e. The second-order valence-corrected chi connectivity index (χ2v) is 14.5. The summed E-state index contributed by atoms with van der Waals surface area (Å²) in [6.45, 7) is 1.10. The molecule has 0 radical (unpaired) electrons. The van der Waals surface area contributed by atoms with Crippen molar-refractivity contribution in [1.82, 2.24) is 29.9 Å². The van der Waals surface area contributed by atoms with Crippen LogP contribution in [0.5, 0.6) is 0 Å². The molecule has 10 nitrogen and oxygen atoms in total. The van der Waals surface area contributed by atoms with Gasteiger partial charge in [0, 0.05) is 36.1 Å². The Kier molecular flexibility index (Phi) is 9.42. The Labute approximate surface area is 270 Å². The highest BCUT2D eigenvalue weighted by atomic mass is 35.5. The normalized spacial score (nSPS) is 16.1. The van der Waals surface area contributed by atoms with Gasteiger partial charge < -0.3 is 4.98 Å². The third kappa shape index (κ3) is 6.73. The van der Waals surface area contributed by atoms with Gasteiger partial charge in [0.25, 0.3) is 15.9 Å². The first-order valence-electron chi connectivity index (χ1n) is 14.5. The Balaban J connectivity index is 1.39. The summed E-state index contributed by atoms with van der Waals surface area (Å²) in [6, 6.07) is 8.84. The number of carbonyl (C=O) groups excluding carboxylic acids is 1. The molecule has 1 aromatic carbocycles. The number of carbonyl (C=O) groups is 1. The van der Waals surface area contributed by atoms with Crippen molar-refractivity contribution in [3.05, 3.63) is 69.0 Å². The Morgan fingerprint density at radius 1 is 1.11 bits per heavy atom. The molecule has 1 amide bonds. The second-order valence-electron chi connectivity index (χ2n) is 10.8. The first-order valence-corrected chi connectivity index (χ1v) is 17.6. The van der Waals surface area contributed by atoms with Gasteiger partial charge in [-0.25, -0.2) is 28.1 Å². The lowest BCUT2D eigenvalue weighted by Gasteiger charge is -2.37. The van der Waals surface area contributed by atoms with Crippen molar-refractivity contribution in [3.63, 3.8) is 0 Å². The number of amides is 1. The van der Waals surface area contributed by atoms with Crippen molar-refractivity contribution in [2.75, 3.05) is 18.1 Å². The fourth-order valence-electron chi connectivity index (χ4n) is 5.56. The molecule has 1 saturated carbocycles. The standard InChI is InChI=1S/C30H31Cl2N7O3S2/c31-21-9-12-25(24(32)16-21)39(38-14-4-1-5-15-38)30(40)29-23(17-35-44(41,42)27-18-33-19-34-27)28(36-37-29)26-13-11-22(43-26)10-8-20-6-2-3-7-20/h9,11-13,16,18-20,35H,1-7,14-15,17H2,(H,33,34)(H,36,37). The monoisotopic (exact) mass is 671 g/mol. The maximum absolute atomic E-state index is 14.5. The minimum atomic E-state index is -3.95. The molecule has 44 heavy (non-hydrogen) atoms. The van der Waals surface area contributed by atoms with Crippen LogP contribution in [0, 0.1) is 17.8 Å². The zero-order valence-corrected chi connectivity index (χ0v) is 26.9. The zero-order valence-electron chi connectivity index (χ0n) is 23.8. The van der Waals surface area contributed by atoms with Gasteiger partial charge in [0.2, 0.25) is 0 Å². The van der Waals surface area contributed by atoms with E-state index in [-0.39, 0.29) is 17.3 Å². The maximum atomic E-state index is 14.5. The zero-order chi connectivity index (χ0) is 30.7. The molecule has 0 unspecified atom stereocenters. The average molecular weight is 673 g/mol. The maximum Gasteiger partial charge on any atom is 0.293 e. The lowest BCUT2D eigenvalue weighted by atomic mass is 10.1. The molecule has 4 aromatic rings. The van der Waals surface area contributed by atoms with E-state index in [0.717, 1.165) is 41.9 Å². The predicted octanol–water partition coefficient (Wildman–Crippen LogP) is 6.24. The molecule has 6 rings (SSSR count). The number of piperidine rings is 1. The molecule has 1 aliphatic carbocycles. The van der Waals surface area contributed by atoms with E-state index in [9.17, 15) is 13.2 Å². The number of nitrogens with zero attached hydrogens (tertiary/aromatic N) is 4. The summed E-state index contributed by atoms with van der Waals surface area (Å²) in [6.07, 6.45) is 10.1. The van der Waals surface area contributed by atoms with Crippen molar-refractivity contribution >= 4 is 56.2 Å². The first-order chi connectivity index (χ1) is 21.3. The molecule has 1 aliphatic heterocycles. The van der Waals surface area contributed by atoms with Crippen molar-refractivity contribution in [2.24, 2.45) is 5.92 Å². The van der Waals surface area contributed by atoms with Gasteiger partial charge in [-0.1, -0.05) is 54.3 Å². The third-order valence-corrected chi connectivity index (χ3v) is 10.7. The summed E-state index contributed by atoms with van der Waals surface area (Å²) in [5, 5.41) is 11.7. The number of nitrogens with one attached hydrogen (secondary N) is 3. The molecule has 1 saturated heterocycles. The van der Waals surface area contributed by atoms with E-state index in [1.807, 2.05) is 17.1 Å². The van der Waals surface area contributed by atoms with Crippen LogP contribution in [0.2, 0.25) is 10.0 Å². The molecule has 3 N–H and O–H groups in total. The molecular weight excluding hydrogens is 641 g/mol. The summed E-state index contributed by atoms with van der Waals surface area (Å²) in [5.74, 6) is 6.67. The van der Waals surface area contributed by atoms with Gasteiger partial charge in [0.15, 0.2) is 10.7 Å². The Hall–Kier alpha value is -3.18. The molecule has 3 aromatic heterocycles. The van der Waals surface area contributed by atoms with Gasteiger partial charge in [-0.2, -0.15) is 5.10 Å². The predicted molar refractivity (Wildman–Crippen MR) is 172 cm³/mol. The van der Waals surface area contributed by atoms with Crippen LogP contribution in [0.15, 0.2) is 47.9 Å². The number of sulfonamides is 1. The van der Waals surface area contributed by atoms with Crippen LogP contribution in [0.1, 0.15) is 65.9 Å². The molecule has 2 fully saturated rings. The van der Waals surface area contributed by atoms with E-state index in [2.05, 4.69) is 36.7 Å². The summed E-state index contributed by atoms with van der Waals surface area (Å²) >= 11 is 14.3. The van der Waals surface area contributed by atoms with Crippen molar-refractivity contribution < 1.29 is 13.2 Å². The van der Waals surface area contributed by atoms with Gasteiger partial charge in [-0.15, -0.1) is 11.3 Å². The van der Waals surface area contributed by atoms with Gasteiger partial charge in [0.05, 0.1) is 38.7 Å². The van der Waals surface area contributed by atoms with Gasteiger partial charge in [0.1, 0.15) is 0 Å². The van der Waals surface area contributed by atoms with Crippen LogP contribution in [-0.2, 0) is 16.6 Å². The summed E-state index contributed by atoms with van der Waals surface area (Å²) in [5.41, 5.74) is 1.50. The highest BCUT2D eigenvalue weighted by Crippen LogP contribution is 2.35. The third-order valence-electron chi connectivity index (χ3n) is 7.82.